The van der Waals surface area contributed by atoms with E-state index in [1.54, 1.807) is 24.3 Å². The highest BCUT2D eigenvalue weighted by Gasteiger charge is 2.24. The van der Waals surface area contributed by atoms with E-state index in [1.165, 1.54) is 7.11 Å². The molecule has 1 aliphatic heterocycles. The molecule has 2 aromatic carbocycles. The molecule has 2 aromatic rings. The molecule has 7 nitrogen and oxygen atoms in total. The lowest BCUT2D eigenvalue weighted by Gasteiger charge is -2.09. The van der Waals surface area contributed by atoms with E-state index in [4.69, 9.17) is 19.3 Å². The van der Waals surface area contributed by atoms with Crippen LogP contribution in [-0.2, 0) is 14.3 Å². The van der Waals surface area contributed by atoms with Gasteiger partial charge in [0.2, 0.25) is 5.90 Å². The van der Waals surface area contributed by atoms with E-state index < -0.39 is 18.5 Å². The number of carboxylic acid groups (broad SMARTS) is 1. The lowest BCUT2D eigenvalue weighted by Crippen LogP contribution is -2.10. The Hall–Kier alpha value is -3.61. The van der Waals surface area contributed by atoms with Crippen LogP contribution in [0.1, 0.15) is 22.3 Å². The van der Waals surface area contributed by atoms with Crippen LogP contribution in [-0.4, -0.2) is 36.7 Å². The van der Waals surface area contributed by atoms with Gasteiger partial charge in [0.15, 0.2) is 23.8 Å². The molecule has 0 spiro atoms. The number of nitrogens with zero attached hydrogens (tertiary/aromatic N) is 1. The number of ether oxygens (including phenoxy) is 3. The molecule has 144 valence electrons. The van der Waals surface area contributed by atoms with Gasteiger partial charge in [0.25, 0.3) is 0 Å². The Bertz CT molecular complexity index is 1010. The van der Waals surface area contributed by atoms with Crippen molar-refractivity contribution in [1.82, 2.24) is 0 Å². The Morgan fingerprint density at radius 2 is 1.93 bits per heavy atom. The monoisotopic (exact) mass is 381 g/mol. The summed E-state index contributed by atoms with van der Waals surface area (Å²) in [5, 5.41) is 8.72. The quantitative estimate of drug-likeness (QED) is 0.610. The molecule has 1 N–H and O–H groups in total. The maximum atomic E-state index is 12.2. The largest absolute Gasteiger partial charge is 0.493 e. The number of aliphatic imine (C=N–C) groups is 1. The van der Waals surface area contributed by atoms with Crippen molar-refractivity contribution in [2.45, 2.75) is 13.8 Å². The minimum Gasteiger partial charge on any atom is -0.493 e. The summed E-state index contributed by atoms with van der Waals surface area (Å²) in [6, 6.07) is 10.6. The van der Waals surface area contributed by atoms with E-state index in [9.17, 15) is 9.59 Å². The molecule has 0 radical (unpaired) electrons. The first kappa shape index (κ1) is 19.2. The molecule has 0 aromatic heterocycles. The van der Waals surface area contributed by atoms with Gasteiger partial charge in [0.05, 0.1) is 7.11 Å². The molecule has 0 aliphatic carbocycles. The third-order valence-corrected chi connectivity index (χ3v) is 4.22. The van der Waals surface area contributed by atoms with Crippen LogP contribution in [0.25, 0.3) is 6.08 Å². The van der Waals surface area contributed by atoms with Crippen molar-refractivity contribution < 1.29 is 28.9 Å². The van der Waals surface area contributed by atoms with Gasteiger partial charge < -0.3 is 19.3 Å². The normalized spacial score (nSPS) is 14.6. The number of cyclic esters (lactones) is 1. The van der Waals surface area contributed by atoms with Gasteiger partial charge in [-0.05, 0) is 60.9 Å². The molecule has 0 amide bonds. The minimum atomic E-state index is -1.09. The molecule has 1 aliphatic rings. The smallest absolute Gasteiger partial charge is 0.363 e. The fraction of sp³-hybridized carbons (Fsp3) is 0.190. The lowest BCUT2D eigenvalue weighted by atomic mass is 10.1. The third-order valence-electron chi connectivity index (χ3n) is 4.22. The van der Waals surface area contributed by atoms with E-state index in [2.05, 4.69) is 4.99 Å². The van der Waals surface area contributed by atoms with E-state index in [0.29, 0.717) is 17.1 Å². The number of methoxy groups -OCH3 is 1. The summed E-state index contributed by atoms with van der Waals surface area (Å²) < 4.78 is 15.7. The van der Waals surface area contributed by atoms with Crippen molar-refractivity contribution in [2.24, 2.45) is 4.99 Å². The summed E-state index contributed by atoms with van der Waals surface area (Å²) in [6.45, 7) is 3.50. The molecule has 1 heterocycles. The Balaban J connectivity index is 1.87. The molecule has 3 rings (SSSR count). The molecule has 0 atom stereocenters. The van der Waals surface area contributed by atoms with Crippen molar-refractivity contribution in [2.75, 3.05) is 13.7 Å². The van der Waals surface area contributed by atoms with Gasteiger partial charge in [-0.25, -0.2) is 14.6 Å². The van der Waals surface area contributed by atoms with Crippen LogP contribution in [0.2, 0.25) is 0 Å². The molecular formula is C21H19NO6. The fourth-order valence-electron chi connectivity index (χ4n) is 2.60. The van der Waals surface area contributed by atoms with E-state index in [1.807, 2.05) is 32.0 Å². The van der Waals surface area contributed by atoms with Gasteiger partial charge in [-0.3, -0.25) is 0 Å². The standard InChI is InChI=1S/C21H19NO6/c1-12-4-6-15(8-13(12)2)20-22-16(21(25)28-20)9-14-5-7-17(18(10-14)26-3)27-11-19(23)24/h4-10H,11H2,1-3H3,(H,23,24)/b16-9-. The van der Waals surface area contributed by atoms with Gasteiger partial charge in [0.1, 0.15) is 0 Å². The Morgan fingerprint density at radius 1 is 1.14 bits per heavy atom. The number of esters is 1. The Morgan fingerprint density at radius 3 is 2.61 bits per heavy atom. The first-order chi connectivity index (χ1) is 13.4. The maximum Gasteiger partial charge on any atom is 0.363 e. The number of benzene rings is 2. The molecule has 28 heavy (non-hydrogen) atoms. The van der Waals surface area contributed by atoms with E-state index in [0.717, 1.165) is 16.7 Å². The number of hydrogen-bond acceptors (Lipinski definition) is 6. The predicted octanol–water partition coefficient (Wildman–Crippen LogP) is 3.12. The maximum absolute atomic E-state index is 12.2. The minimum absolute atomic E-state index is 0.162. The second-order valence-corrected chi connectivity index (χ2v) is 6.23. The van der Waals surface area contributed by atoms with Crippen molar-refractivity contribution in [3.63, 3.8) is 0 Å². The average molecular weight is 381 g/mol. The van der Waals surface area contributed by atoms with E-state index in [-0.39, 0.29) is 11.6 Å². The highest BCUT2D eigenvalue weighted by molar-refractivity contribution is 6.12. The second-order valence-electron chi connectivity index (χ2n) is 6.23. The number of hydrogen-bond donors (Lipinski definition) is 1. The fourth-order valence-corrected chi connectivity index (χ4v) is 2.60. The van der Waals surface area contributed by atoms with Crippen LogP contribution in [0.3, 0.4) is 0 Å². The van der Waals surface area contributed by atoms with E-state index >= 15 is 0 Å². The van der Waals surface area contributed by atoms with Gasteiger partial charge in [0, 0.05) is 5.56 Å². The third kappa shape index (κ3) is 4.20. The van der Waals surface area contributed by atoms with Gasteiger partial charge in [-0.2, -0.15) is 0 Å². The van der Waals surface area contributed by atoms with Crippen molar-refractivity contribution in [3.8, 4) is 11.5 Å². The lowest BCUT2D eigenvalue weighted by molar-refractivity contribution is -0.139. The number of aryl methyl sites for hydroxylation is 2. The van der Waals surface area contributed by atoms with Crippen LogP contribution in [0.15, 0.2) is 47.1 Å². The molecule has 0 unspecified atom stereocenters. The molecular weight excluding hydrogens is 362 g/mol. The summed E-state index contributed by atoms with van der Waals surface area (Å²) in [5.41, 5.74) is 3.75. The summed E-state index contributed by atoms with van der Waals surface area (Å²) in [7, 11) is 1.44. The Labute approximate surface area is 161 Å². The van der Waals surface area contributed by atoms with Crippen LogP contribution in [0.4, 0.5) is 0 Å². The SMILES string of the molecule is COc1cc(/C=C2\N=C(c3ccc(C)c(C)c3)OC2=O)ccc1OCC(=O)O. The topological polar surface area (TPSA) is 94.4 Å². The zero-order valence-corrected chi connectivity index (χ0v) is 15.7. The van der Waals surface area contributed by atoms with Gasteiger partial charge >= 0.3 is 11.9 Å². The van der Waals surface area contributed by atoms with Crippen molar-refractivity contribution in [3.05, 3.63) is 64.3 Å². The van der Waals surface area contributed by atoms with Crippen LogP contribution in [0, 0.1) is 13.8 Å². The highest BCUT2D eigenvalue weighted by Crippen LogP contribution is 2.30. The van der Waals surface area contributed by atoms with Crippen LogP contribution < -0.4 is 9.47 Å². The second kappa shape index (κ2) is 7.96. The molecule has 0 saturated heterocycles. The number of rotatable bonds is 6. The summed E-state index contributed by atoms with van der Waals surface area (Å²) in [6.07, 6.45) is 1.57. The molecule has 0 bridgehead atoms. The molecule has 0 saturated carbocycles. The summed E-state index contributed by atoms with van der Waals surface area (Å²) >= 11 is 0. The number of carboxylic acids is 1. The van der Waals surface area contributed by atoms with Gasteiger partial charge in [-0.15, -0.1) is 0 Å². The molecule has 0 fully saturated rings. The zero-order chi connectivity index (χ0) is 20.3. The number of carbonyl (C=O) groups excluding carboxylic acids is 1. The van der Waals surface area contributed by atoms with Crippen molar-refractivity contribution >= 4 is 23.9 Å². The number of carbonyl (C=O) groups is 2. The highest BCUT2D eigenvalue weighted by atomic mass is 16.6. The number of aliphatic carboxylic acids is 1. The predicted molar refractivity (Wildman–Crippen MR) is 103 cm³/mol. The summed E-state index contributed by atoms with van der Waals surface area (Å²) in [5.74, 6) is -0.734. The Kier molecular flexibility index (Phi) is 5.44. The zero-order valence-electron chi connectivity index (χ0n) is 15.7. The molecule has 7 heteroatoms. The van der Waals surface area contributed by atoms with Crippen LogP contribution in [0.5, 0.6) is 11.5 Å². The first-order valence-electron chi connectivity index (χ1n) is 8.50. The first-order valence-corrected chi connectivity index (χ1v) is 8.50. The average Bonchev–Trinajstić information content (AvgIpc) is 3.03. The summed E-state index contributed by atoms with van der Waals surface area (Å²) in [4.78, 5) is 27.1. The van der Waals surface area contributed by atoms with Crippen molar-refractivity contribution in [1.29, 1.82) is 0 Å². The van der Waals surface area contributed by atoms with Crippen LogP contribution >= 0.6 is 0 Å². The van der Waals surface area contributed by atoms with Gasteiger partial charge in [-0.1, -0.05) is 12.1 Å².